The van der Waals surface area contributed by atoms with Crippen molar-refractivity contribution in [1.82, 2.24) is 15.0 Å². The van der Waals surface area contributed by atoms with E-state index in [1.165, 1.54) is 82.9 Å². The van der Waals surface area contributed by atoms with Gasteiger partial charge in [-0.05, 0) is 100 Å². The quantitative estimate of drug-likeness (QED) is 0.167. The Labute approximate surface area is 371 Å². The first-order valence-electron chi connectivity index (χ1n) is 22.1. The molecule has 0 bridgehead atoms. The van der Waals surface area contributed by atoms with Gasteiger partial charge in [0.15, 0.2) is 17.5 Å². The zero-order valence-corrected chi connectivity index (χ0v) is 34.7. The van der Waals surface area contributed by atoms with Gasteiger partial charge in [0.05, 0.1) is 10.8 Å². The van der Waals surface area contributed by atoms with Gasteiger partial charge in [-0.25, -0.2) is 15.0 Å². The normalized spacial score (nSPS) is 14.2. The van der Waals surface area contributed by atoms with Gasteiger partial charge in [0, 0.05) is 16.7 Å². The van der Waals surface area contributed by atoms with Gasteiger partial charge in [-0.15, -0.1) is 0 Å². The molecule has 0 aliphatic heterocycles. The fourth-order valence-corrected chi connectivity index (χ4v) is 11.9. The Bertz CT molecular complexity index is 3660. The van der Waals surface area contributed by atoms with Crippen molar-refractivity contribution in [3.63, 3.8) is 0 Å². The summed E-state index contributed by atoms with van der Waals surface area (Å²) in [5, 5.41) is 4.83. The van der Waals surface area contributed by atoms with Crippen molar-refractivity contribution in [3.05, 3.63) is 269 Å². The minimum atomic E-state index is -0.565. The molecule has 0 unspecified atom stereocenters. The van der Waals surface area contributed by atoms with Crippen molar-refractivity contribution >= 4 is 21.5 Å². The summed E-state index contributed by atoms with van der Waals surface area (Å²) in [7, 11) is 0. The van der Waals surface area contributed by atoms with E-state index in [1.807, 2.05) is 18.2 Å². The summed E-state index contributed by atoms with van der Waals surface area (Å²) in [5.41, 5.74) is 17.4. The van der Waals surface area contributed by atoms with Crippen LogP contribution in [0, 0.1) is 0 Å². The van der Waals surface area contributed by atoms with Gasteiger partial charge in [0.2, 0.25) is 0 Å². The van der Waals surface area contributed by atoms with Crippen molar-refractivity contribution in [2.75, 3.05) is 0 Å². The van der Waals surface area contributed by atoms with Crippen LogP contribution in [0.3, 0.4) is 0 Å². The highest BCUT2D eigenvalue weighted by molar-refractivity contribution is 6.08. The Morgan fingerprint density at radius 3 is 1.20 bits per heavy atom. The maximum atomic E-state index is 5.29. The molecule has 0 radical (unpaired) electrons. The molecule has 1 heterocycles. The van der Waals surface area contributed by atoms with Gasteiger partial charge in [0.25, 0.3) is 0 Å². The summed E-state index contributed by atoms with van der Waals surface area (Å²) in [5.74, 6) is 1.94. The Morgan fingerprint density at radius 2 is 0.625 bits per heavy atom. The molecule has 2 spiro atoms. The standard InChI is InChI=1S/C61H37N3/c1-2-17-39(18-3-1)57-62-58(41-32-34-44-40(36-41)31-30-38-16-4-5-19-43(38)44)64-59(63-57)42-33-35-52-48(37-42)47-22-8-11-25-51(47)61(52)55-28-14-12-26-53(55)60(54-27-13-15-29-56(54)61)49-23-9-6-20-45(49)46-21-7-10-24-50(46)60/h1-37H. The number of aromatic nitrogens is 3. The fourth-order valence-electron chi connectivity index (χ4n) is 11.9. The van der Waals surface area contributed by atoms with Crippen LogP contribution < -0.4 is 0 Å². The van der Waals surface area contributed by atoms with Crippen molar-refractivity contribution in [1.29, 1.82) is 0 Å². The first-order chi connectivity index (χ1) is 31.7. The maximum absolute atomic E-state index is 5.29. The van der Waals surface area contributed by atoms with Gasteiger partial charge in [0.1, 0.15) is 0 Å². The molecular weight excluding hydrogens is 775 g/mol. The number of hydrogen-bond acceptors (Lipinski definition) is 3. The van der Waals surface area contributed by atoms with Crippen molar-refractivity contribution in [3.8, 4) is 56.4 Å². The van der Waals surface area contributed by atoms with E-state index in [0.717, 1.165) is 22.1 Å². The van der Waals surface area contributed by atoms with Gasteiger partial charge < -0.3 is 0 Å². The molecule has 0 saturated heterocycles. The topological polar surface area (TPSA) is 38.7 Å². The Kier molecular flexibility index (Phi) is 7.25. The lowest BCUT2D eigenvalue weighted by Gasteiger charge is -2.48. The number of hydrogen-bond donors (Lipinski definition) is 0. The third-order valence-electron chi connectivity index (χ3n) is 14.4. The molecule has 64 heavy (non-hydrogen) atoms. The van der Waals surface area contributed by atoms with Gasteiger partial charge >= 0.3 is 0 Å². The average molecular weight is 812 g/mol. The second-order valence-electron chi connectivity index (χ2n) is 17.4. The number of fused-ring (bicyclic) bond motifs is 19. The summed E-state index contributed by atoms with van der Waals surface area (Å²) in [4.78, 5) is 15.7. The summed E-state index contributed by atoms with van der Waals surface area (Å²) in [6.45, 7) is 0. The van der Waals surface area contributed by atoms with Crippen LogP contribution in [-0.2, 0) is 10.8 Å². The third kappa shape index (κ3) is 4.57. The third-order valence-corrected chi connectivity index (χ3v) is 14.4. The Balaban J connectivity index is 1.00. The molecule has 3 aliphatic rings. The minimum absolute atomic E-state index is 0.478. The molecule has 10 aromatic carbocycles. The molecule has 0 atom stereocenters. The van der Waals surface area contributed by atoms with Crippen LogP contribution in [0.1, 0.15) is 44.5 Å². The highest BCUT2D eigenvalue weighted by Crippen LogP contribution is 2.67. The van der Waals surface area contributed by atoms with Crippen molar-refractivity contribution in [2.24, 2.45) is 0 Å². The van der Waals surface area contributed by atoms with Gasteiger partial charge in [-0.1, -0.05) is 212 Å². The van der Waals surface area contributed by atoms with Crippen LogP contribution in [0.4, 0.5) is 0 Å². The zero-order valence-electron chi connectivity index (χ0n) is 34.7. The van der Waals surface area contributed by atoms with Crippen LogP contribution in [0.2, 0.25) is 0 Å². The predicted molar refractivity (Wildman–Crippen MR) is 259 cm³/mol. The monoisotopic (exact) mass is 811 g/mol. The van der Waals surface area contributed by atoms with E-state index in [2.05, 4.69) is 206 Å². The lowest BCUT2D eigenvalue weighted by atomic mass is 9.52. The fraction of sp³-hybridized carbons (Fsp3) is 0.0328. The number of nitrogens with zero attached hydrogens (tertiary/aromatic N) is 3. The first-order valence-corrected chi connectivity index (χ1v) is 22.1. The Morgan fingerprint density at radius 1 is 0.234 bits per heavy atom. The average Bonchev–Trinajstić information content (AvgIpc) is 3.83. The van der Waals surface area contributed by atoms with Crippen LogP contribution in [0.25, 0.3) is 78.0 Å². The first kappa shape index (κ1) is 35.3. The molecule has 0 fully saturated rings. The van der Waals surface area contributed by atoms with Crippen LogP contribution in [0.15, 0.2) is 224 Å². The molecule has 3 heteroatoms. The van der Waals surface area contributed by atoms with Crippen molar-refractivity contribution in [2.45, 2.75) is 10.8 Å². The predicted octanol–water partition coefficient (Wildman–Crippen LogP) is 14.2. The summed E-state index contributed by atoms with van der Waals surface area (Å²) < 4.78 is 0. The van der Waals surface area contributed by atoms with E-state index in [1.54, 1.807) is 0 Å². The van der Waals surface area contributed by atoms with E-state index < -0.39 is 10.8 Å². The lowest BCUT2D eigenvalue weighted by molar-refractivity contribution is 0.633. The summed E-state index contributed by atoms with van der Waals surface area (Å²) in [6.07, 6.45) is 0. The lowest BCUT2D eigenvalue weighted by Crippen LogP contribution is -2.43. The van der Waals surface area contributed by atoms with E-state index >= 15 is 0 Å². The second-order valence-corrected chi connectivity index (χ2v) is 17.4. The summed E-state index contributed by atoms with van der Waals surface area (Å²) >= 11 is 0. The number of benzene rings is 10. The van der Waals surface area contributed by atoms with E-state index in [4.69, 9.17) is 15.0 Å². The molecule has 0 amide bonds. The Hall–Kier alpha value is -8.27. The van der Waals surface area contributed by atoms with Crippen LogP contribution in [-0.4, -0.2) is 15.0 Å². The molecule has 3 nitrogen and oxygen atoms in total. The number of rotatable bonds is 3. The molecule has 14 rings (SSSR count). The molecule has 3 aliphatic carbocycles. The molecule has 1 aromatic heterocycles. The summed E-state index contributed by atoms with van der Waals surface area (Å²) in [6, 6.07) is 82.4. The van der Waals surface area contributed by atoms with E-state index in [-0.39, 0.29) is 0 Å². The maximum Gasteiger partial charge on any atom is 0.164 e. The minimum Gasteiger partial charge on any atom is -0.208 e. The van der Waals surface area contributed by atoms with Crippen molar-refractivity contribution < 1.29 is 0 Å². The highest BCUT2D eigenvalue weighted by Gasteiger charge is 2.58. The highest BCUT2D eigenvalue weighted by atomic mass is 15.0. The smallest absolute Gasteiger partial charge is 0.164 e. The molecule has 296 valence electrons. The van der Waals surface area contributed by atoms with Crippen LogP contribution >= 0.6 is 0 Å². The van der Waals surface area contributed by atoms with Crippen LogP contribution in [0.5, 0.6) is 0 Å². The molecular formula is C61H37N3. The van der Waals surface area contributed by atoms with Gasteiger partial charge in [-0.2, -0.15) is 0 Å². The van der Waals surface area contributed by atoms with E-state index in [9.17, 15) is 0 Å². The second kappa shape index (κ2) is 13.1. The van der Waals surface area contributed by atoms with Gasteiger partial charge in [-0.3, -0.25) is 0 Å². The SMILES string of the molecule is c1ccc(-c2nc(-c3ccc4c(c3)-c3ccccc3C43c4ccccc4C4(c5ccccc5-c5ccccc54)c4ccccc43)nc(-c3ccc4c(ccc5ccccc54)c3)n2)cc1. The largest absolute Gasteiger partial charge is 0.208 e. The molecule has 0 N–H and O–H groups in total. The molecule has 11 aromatic rings. The van der Waals surface area contributed by atoms with E-state index in [0.29, 0.717) is 17.5 Å². The molecule has 0 saturated carbocycles. The zero-order chi connectivity index (χ0) is 42.0.